The predicted molar refractivity (Wildman–Crippen MR) is 89.7 cm³/mol. The number of aromatic amines is 1. The number of aromatic nitrogens is 1. The highest BCUT2D eigenvalue weighted by molar-refractivity contribution is 6.38. The summed E-state index contributed by atoms with van der Waals surface area (Å²) in [5.41, 5.74) is 5.89. The Morgan fingerprint density at radius 3 is 2.39 bits per heavy atom. The Kier molecular flexibility index (Phi) is 4.23. The minimum atomic E-state index is -0.540. The zero-order valence-electron chi connectivity index (χ0n) is 11.7. The van der Waals surface area contributed by atoms with Crippen molar-refractivity contribution in [2.45, 2.75) is 0 Å². The molecule has 0 fully saturated rings. The number of hydrogen-bond acceptors (Lipinski definition) is 2. The highest BCUT2D eigenvalue weighted by Crippen LogP contribution is 2.26. The van der Waals surface area contributed by atoms with Crippen molar-refractivity contribution in [2.75, 3.05) is 0 Å². The molecule has 0 aliphatic carbocycles. The lowest BCUT2D eigenvalue weighted by Gasteiger charge is -2.07. The van der Waals surface area contributed by atoms with Crippen LogP contribution in [0.1, 0.15) is 20.8 Å². The maximum Gasteiger partial charge on any atom is 0.287 e. The first-order chi connectivity index (χ1) is 11.1. The first-order valence-corrected chi connectivity index (χ1v) is 7.44. The van der Waals surface area contributed by atoms with Crippen LogP contribution in [0.25, 0.3) is 10.9 Å². The van der Waals surface area contributed by atoms with Crippen molar-refractivity contribution in [3.8, 4) is 0 Å². The molecule has 3 aromatic rings. The van der Waals surface area contributed by atoms with E-state index in [-0.39, 0.29) is 5.69 Å². The monoisotopic (exact) mass is 347 g/mol. The van der Waals surface area contributed by atoms with Crippen molar-refractivity contribution in [1.29, 1.82) is 0 Å². The SMILES string of the molecule is O=C(NNC(=O)c1[nH]c2ccccc2c1Cl)c1cccc(Cl)c1. The van der Waals surface area contributed by atoms with Crippen molar-refractivity contribution in [2.24, 2.45) is 0 Å². The fraction of sp³-hybridized carbons (Fsp3) is 0. The van der Waals surface area contributed by atoms with E-state index in [1.54, 1.807) is 24.3 Å². The minimum absolute atomic E-state index is 0.180. The van der Waals surface area contributed by atoms with Gasteiger partial charge in [0.25, 0.3) is 11.8 Å². The molecule has 5 nitrogen and oxygen atoms in total. The van der Waals surface area contributed by atoms with Crippen LogP contribution in [-0.4, -0.2) is 16.8 Å². The maximum absolute atomic E-state index is 12.2. The fourth-order valence-corrected chi connectivity index (χ4v) is 2.63. The number of carbonyl (C=O) groups is 2. The average molecular weight is 348 g/mol. The van der Waals surface area contributed by atoms with Gasteiger partial charge in [-0.05, 0) is 24.3 Å². The molecule has 0 radical (unpaired) electrons. The third-order valence-electron chi connectivity index (χ3n) is 3.25. The standard InChI is InChI=1S/C16H11Cl2N3O2/c17-10-5-3-4-9(8-10)15(22)20-21-16(23)14-13(18)11-6-1-2-7-12(11)19-14/h1-8,19H,(H,20,22)(H,21,23). The number of carbonyl (C=O) groups excluding carboxylic acids is 2. The number of rotatable bonds is 2. The Hall–Kier alpha value is -2.50. The summed E-state index contributed by atoms with van der Waals surface area (Å²) in [6.07, 6.45) is 0. The van der Waals surface area contributed by atoms with E-state index < -0.39 is 11.8 Å². The molecule has 2 aromatic carbocycles. The molecule has 2 amide bonds. The summed E-state index contributed by atoms with van der Waals surface area (Å²) in [6.45, 7) is 0. The second-order valence-electron chi connectivity index (χ2n) is 4.78. The Morgan fingerprint density at radius 1 is 0.913 bits per heavy atom. The van der Waals surface area contributed by atoms with Gasteiger partial charge in [0, 0.05) is 21.5 Å². The van der Waals surface area contributed by atoms with Crippen molar-refractivity contribution in [3.05, 3.63) is 69.8 Å². The lowest BCUT2D eigenvalue weighted by atomic mass is 10.2. The molecule has 116 valence electrons. The smallest absolute Gasteiger partial charge is 0.287 e. The Bertz CT molecular complexity index is 905. The Morgan fingerprint density at radius 2 is 1.65 bits per heavy atom. The molecule has 3 N–H and O–H groups in total. The molecular weight excluding hydrogens is 337 g/mol. The molecule has 7 heteroatoms. The van der Waals surface area contributed by atoms with Gasteiger partial charge in [0.2, 0.25) is 0 Å². The Balaban J connectivity index is 1.74. The molecule has 0 saturated heterocycles. The van der Waals surface area contributed by atoms with E-state index in [1.165, 1.54) is 6.07 Å². The van der Waals surface area contributed by atoms with Crippen LogP contribution in [0.4, 0.5) is 0 Å². The van der Waals surface area contributed by atoms with Gasteiger partial charge in [-0.3, -0.25) is 20.4 Å². The molecule has 0 aliphatic rings. The van der Waals surface area contributed by atoms with E-state index in [1.807, 2.05) is 18.2 Å². The first-order valence-electron chi connectivity index (χ1n) is 6.68. The minimum Gasteiger partial charge on any atom is -0.349 e. The van der Waals surface area contributed by atoms with Crippen LogP contribution >= 0.6 is 23.2 Å². The lowest BCUT2D eigenvalue weighted by Crippen LogP contribution is -2.41. The van der Waals surface area contributed by atoms with Gasteiger partial charge in [-0.25, -0.2) is 0 Å². The van der Waals surface area contributed by atoms with Gasteiger partial charge in [-0.2, -0.15) is 0 Å². The normalized spacial score (nSPS) is 10.5. The summed E-state index contributed by atoms with van der Waals surface area (Å²) in [6, 6.07) is 13.7. The predicted octanol–water partition coefficient (Wildman–Crippen LogP) is 3.55. The number of benzene rings is 2. The highest BCUT2D eigenvalue weighted by Gasteiger charge is 2.17. The third kappa shape index (κ3) is 3.16. The molecule has 0 aliphatic heterocycles. The molecule has 0 saturated carbocycles. The van der Waals surface area contributed by atoms with Crippen LogP contribution in [0.15, 0.2) is 48.5 Å². The molecule has 0 atom stereocenters. The van der Waals surface area contributed by atoms with Gasteiger partial charge in [0.15, 0.2) is 0 Å². The number of hydrazine groups is 1. The van der Waals surface area contributed by atoms with Gasteiger partial charge in [-0.15, -0.1) is 0 Å². The summed E-state index contributed by atoms with van der Waals surface area (Å²) < 4.78 is 0. The van der Waals surface area contributed by atoms with Crippen LogP contribution in [0.3, 0.4) is 0 Å². The second kappa shape index (κ2) is 6.32. The quantitative estimate of drug-likeness (QED) is 0.620. The van der Waals surface area contributed by atoms with E-state index in [4.69, 9.17) is 23.2 Å². The summed E-state index contributed by atoms with van der Waals surface area (Å²) in [5.74, 6) is -1.02. The largest absolute Gasteiger partial charge is 0.349 e. The van der Waals surface area contributed by atoms with E-state index in [0.717, 1.165) is 10.9 Å². The number of amides is 2. The van der Waals surface area contributed by atoms with Crippen molar-refractivity contribution in [1.82, 2.24) is 15.8 Å². The lowest BCUT2D eigenvalue weighted by molar-refractivity contribution is 0.0844. The van der Waals surface area contributed by atoms with Crippen molar-refractivity contribution < 1.29 is 9.59 Å². The first kappa shape index (κ1) is 15.4. The van der Waals surface area contributed by atoms with E-state index in [9.17, 15) is 9.59 Å². The zero-order chi connectivity index (χ0) is 16.4. The van der Waals surface area contributed by atoms with E-state index in [2.05, 4.69) is 15.8 Å². The summed E-state index contributed by atoms with van der Waals surface area (Å²) >= 11 is 12.0. The van der Waals surface area contributed by atoms with Gasteiger partial charge in [-0.1, -0.05) is 47.5 Å². The van der Waals surface area contributed by atoms with Crippen LogP contribution in [-0.2, 0) is 0 Å². The highest BCUT2D eigenvalue weighted by atomic mass is 35.5. The van der Waals surface area contributed by atoms with Crippen LogP contribution in [0.2, 0.25) is 10.0 Å². The third-order valence-corrected chi connectivity index (χ3v) is 3.87. The maximum atomic E-state index is 12.2. The molecule has 0 spiro atoms. The molecule has 3 rings (SSSR count). The van der Waals surface area contributed by atoms with Gasteiger partial charge >= 0.3 is 0 Å². The number of fused-ring (bicyclic) bond motifs is 1. The van der Waals surface area contributed by atoms with Crippen molar-refractivity contribution >= 4 is 45.9 Å². The molecule has 1 aromatic heterocycles. The fourth-order valence-electron chi connectivity index (χ4n) is 2.14. The second-order valence-corrected chi connectivity index (χ2v) is 5.59. The van der Waals surface area contributed by atoms with Gasteiger partial charge in [0.1, 0.15) is 5.69 Å². The van der Waals surface area contributed by atoms with Crippen molar-refractivity contribution in [3.63, 3.8) is 0 Å². The van der Waals surface area contributed by atoms with Gasteiger partial charge < -0.3 is 4.98 Å². The Labute approximate surface area is 141 Å². The number of hydrogen-bond donors (Lipinski definition) is 3. The zero-order valence-corrected chi connectivity index (χ0v) is 13.2. The molecule has 0 unspecified atom stereocenters. The average Bonchev–Trinajstić information content (AvgIpc) is 2.90. The summed E-state index contributed by atoms with van der Waals surface area (Å²) in [4.78, 5) is 27.1. The number of para-hydroxylation sites is 1. The summed E-state index contributed by atoms with van der Waals surface area (Å²) in [5, 5.41) is 1.47. The molecule has 23 heavy (non-hydrogen) atoms. The molecule has 0 bridgehead atoms. The van der Waals surface area contributed by atoms with Crippen LogP contribution < -0.4 is 10.9 Å². The van der Waals surface area contributed by atoms with E-state index in [0.29, 0.717) is 15.6 Å². The van der Waals surface area contributed by atoms with Crippen LogP contribution in [0.5, 0.6) is 0 Å². The number of halogens is 2. The molecule has 1 heterocycles. The van der Waals surface area contributed by atoms with Crippen LogP contribution in [0, 0.1) is 0 Å². The van der Waals surface area contributed by atoms with Gasteiger partial charge in [0.05, 0.1) is 5.02 Å². The summed E-state index contributed by atoms with van der Waals surface area (Å²) in [7, 11) is 0. The number of H-pyrrole nitrogens is 1. The topological polar surface area (TPSA) is 74.0 Å². The molecular formula is C16H11Cl2N3O2. The number of nitrogens with one attached hydrogen (secondary N) is 3. The van der Waals surface area contributed by atoms with E-state index >= 15 is 0 Å².